The Kier molecular flexibility index (Phi) is 9.72. The van der Waals surface area contributed by atoms with Crippen LogP contribution in [0.3, 0.4) is 0 Å². The number of aliphatic hydroxyl groups is 4. The highest BCUT2D eigenvalue weighted by Crippen LogP contribution is 2.57. The molecule has 0 saturated heterocycles. The number of rotatable bonds is 9. The Morgan fingerprint density at radius 2 is 1.77 bits per heavy atom. The topological polar surface area (TPSA) is 232 Å². The standard InChI is InChI=1S/C37H40N4O11/c1-18-23-21(41(52-17-20-12-8-5-9-13-20)39-36(49)51-16-19-10-6-4-7-11-19)14-15-22(42)25(23)30(43)26-24(18)31(44)28-29(40(2)3)32(45)27(35(38)48)34(47)37(28,50)33(26)46/h4-10,12-15,18-19,24,28-29,31,42-44,47,50H,11,16-17H2,1-3H3,(H2,38,48)(H,39,49)/t18-,19?,24+,28+,29-,31-,37-/m0/s1. The van der Waals surface area contributed by atoms with Gasteiger partial charge in [0.05, 0.1) is 35.9 Å². The van der Waals surface area contributed by atoms with Crippen molar-refractivity contribution in [3.05, 3.63) is 100 Å². The van der Waals surface area contributed by atoms with Gasteiger partial charge in [0.1, 0.15) is 29.4 Å². The summed E-state index contributed by atoms with van der Waals surface area (Å²) in [6.45, 7) is 1.58. The van der Waals surface area contributed by atoms with E-state index >= 15 is 0 Å². The molecule has 15 nitrogen and oxygen atoms in total. The fraction of sp³-hybridized carbons (Fsp3) is 0.351. The molecule has 2 aromatic rings. The van der Waals surface area contributed by atoms with E-state index in [0.717, 1.165) is 10.7 Å². The molecule has 0 bridgehead atoms. The van der Waals surface area contributed by atoms with Gasteiger partial charge in [-0.2, -0.15) is 5.17 Å². The lowest BCUT2D eigenvalue weighted by Crippen LogP contribution is -2.70. The minimum atomic E-state index is -3.06. The van der Waals surface area contributed by atoms with E-state index in [0.29, 0.717) is 6.42 Å². The zero-order chi connectivity index (χ0) is 37.6. The SMILES string of the molecule is C[C@H]1c2c(N(NC(=O)OCC3C=CC=CC3)OCc3ccccc3)ccc(O)c2C(O)=C2C(=O)[C@]3(O)C(O)=C(C(N)=O)C(=O)[C@@H](N(C)C)[C@@H]3[C@@H](O)[C@@H]21. The van der Waals surface area contributed by atoms with Crippen molar-refractivity contribution in [3.8, 4) is 5.75 Å². The van der Waals surface area contributed by atoms with Gasteiger partial charge >= 0.3 is 6.09 Å². The van der Waals surface area contributed by atoms with Gasteiger partial charge in [0.15, 0.2) is 11.4 Å². The second kappa shape index (κ2) is 13.9. The highest BCUT2D eigenvalue weighted by Gasteiger charge is 2.68. The number of likely N-dealkylation sites (N-methyl/N-ethyl adjacent to an activating group) is 1. The molecule has 0 aliphatic heterocycles. The number of hydrogen-bond acceptors (Lipinski definition) is 13. The monoisotopic (exact) mass is 716 g/mol. The van der Waals surface area contributed by atoms with Gasteiger partial charge in [-0.15, -0.1) is 0 Å². The lowest BCUT2D eigenvalue weighted by Gasteiger charge is -2.54. The molecule has 4 aliphatic carbocycles. The first-order chi connectivity index (χ1) is 24.7. The van der Waals surface area contributed by atoms with Crippen molar-refractivity contribution < 1.29 is 54.3 Å². The Morgan fingerprint density at radius 3 is 2.40 bits per heavy atom. The minimum absolute atomic E-state index is 0.0497. The molecule has 15 heteroatoms. The molecule has 0 spiro atoms. The van der Waals surface area contributed by atoms with E-state index in [1.54, 1.807) is 31.2 Å². The molecular formula is C37H40N4O11. The number of primary amides is 1. The predicted molar refractivity (Wildman–Crippen MR) is 185 cm³/mol. The molecule has 52 heavy (non-hydrogen) atoms. The van der Waals surface area contributed by atoms with Crippen molar-refractivity contribution >= 4 is 35.0 Å². The van der Waals surface area contributed by atoms with Gasteiger partial charge in [0.25, 0.3) is 5.91 Å². The number of nitrogens with one attached hydrogen (secondary N) is 1. The third-order valence-corrected chi connectivity index (χ3v) is 10.2. The summed E-state index contributed by atoms with van der Waals surface area (Å²) in [4.78, 5) is 60.8. The average molecular weight is 717 g/mol. The van der Waals surface area contributed by atoms with E-state index in [1.165, 1.54) is 31.1 Å². The third-order valence-electron chi connectivity index (χ3n) is 10.2. The van der Waals surface area contributed by atoms with Crippen LogP contribution >= 0.6 is 0 Å². The molecule has 0 radical (unpaired) electrons. The van der Waals surface area contributed by atoms with Crippen molar-refractivity contribution in [1.82, 2.24) is 10.3 Å². The number of nitrogens with two attached hydrogens (primary N) is 1. The average Bonchev–Trinajstić information content (AvgIpc) is 3.11. The van der Waals surface area contributed by atoms with Crippen LogP contribution in [0.25, 0.3) is 5.76 Å². The van der Waals surface area contributed by atoms with E-state index in [2.05, 4.69) is 5.43 Å². The number of ketones is 2. The van der Waals surface area contributed by atoms with Crippen LogP contribution in [-0.4, -0.2) is 92.4 Å². The lowest BCUT2D eigenvalue weighted by molar-refractivity contribution is -0.169. The molecule has 274 valence electrons. The number of phenols is 1. The summed E-state index contributed by atoms with van der Waals surface area (Å²) < 4.78 is 5.49. The number of allylic oxidation sites excluding steroid dienone is 3. The molecule has 0 aromatic heterocycles. The molecule has 2 aromatic carbocycles. The van der Waals surface area contributed by atoms with Gasteiger partial charge in [0.2, 0.25) is 5.78 Å². The smallest absolute Gasteiger partial charge is 0.428 e. The summed E-state index contributed by atoms with van der Waals surface area (Å²) in [5, 5.41) is 59.1. The molecule has 1 fully saturated rings. The second-order valence-corrected chi connectivity index (χ2v) is 13.5. The van der Waals surface area contributed by atoms with Gasteiger partial charge in [-0.3, -0.25) is 19.3 Å². The Morgan fingerprint density at radius 1 is 1.06 bits per heavy atom. The van der Waals surface area contributed by atoms with Crippen LogP contribution in [0.1, 0.15) is 36.0 Å². The molecule has 1 saturated carbocycles. The number of carbonyl (C=O) groups excluding carboxylic acids is 4. The quantitative estimate of drug-likeness (QED) is 0.146. The predicted octanol–water partition coefficient (Wildman–Crippen LogP) is 2.21. The second-order valence-electron chi connectivity index (χ2n) is 13.5. The number of amides is 2. The van der Waals surface area contributed by atoms with Crippen LogP contribution in [0.5, 0.6) is 5.75 Å². The van der Waals surface area contributed by atoms with E-state index < -0.39 is 87.5 Å². The number of nitrogens with zero attached hydrogens (tertiary/aromatic N) is 2. The van der Waals surface area contributed by atoms with Crippen LogP contribution < -0.4 is 16.3 Å². The Balaban J connectivity index is 1.46. The first-order valence-electron chi connectivity index (χ1n) is 16.6. The van der Waals surface area contributed by atoms with Crippen LogP contribution in [0.4, 0.5) is 10.5 Å². The van der Waals surface area contributed by atoms with Crippen molar-refractivity contribution in [3.63, 3.8) is 0 Å². The Bertz CT molecular complexity index is 1940. The molecular weight excluding hydrogens is 676 g/mol. The van der Waals surface area contributed by atoms with Crippen LogP contribution in [0, 0.1) is 17.8 Å². The van der Waals surface area contributed by atoms with E-state index in [1.807, 2.05) is 30.4 Å². The number of aromatic hydroxyl groups is 1. The Labute approximate surface area is 298 Å². The van der Waals surface area contributed by atoms with Crippen molar-refractivity contribution in [2.24, 2.45) is 23.5 Å². The first kappa shape index (κ1) is 36.3. The number of ether oxygens (including phenoxy) is 1. The fourth-order valence-corrected chi connectivity index (χ4v) is 7.78. The molecule has 0 heterocycles. The number of Topliss-reactive ketones (excluding diaryl/α,β-unsaturated/α-hetero) is 2. The number of benzene rings is 2. The number of hydrogen-bond donors (Lipinski definition) is 7. The van der Waals surface area contributed by atoms with Gasteiger partial charge in [0, 0.05) is 17.4 Å². The Hall–Kier alpha value is -5.48. The number of anilines is 1. The number of phenolic OH excluding ortho intramolecular Hbond substituents is 1. The summed E-state index contributed by atoms with van der Waals surface area (Å²) >= 11 is 0. The van der Waals surface area contributed by atoms with E-state index in [-0.39, 0.29) is 35.9 Å². The molecule has 2 amide bonds. The maximum absolute atomic E-state index is 14.4. The number of carbonyl (C=O) groups is 4. The summed E-state index contributed by atoms with van der Waals surface area (Å²) in [6.07, 6.45) is 5.56. The normalized spacial score (nSPS) is 28.0. The van der Waals surface area contributed by atoms with Crippen LogP contribution in [-0.2, 0) is 30.6 Å². The summed E-state index contributed by atoms with van der Waals surface area (Å²) in [6, 6.07) is 10.1. The molecule has 8 N–H and O–H groups in total. The van der Waals surface area contributed by atoms with Gasteiger partial charge in [-0.1, -0.05) is 61.6 Å². The molecule has 1 unspecified atom stereocenters. The highest BCUT2D eigenvalue weighted by molar-refractivity contribution is 6.24. The summed E-state index contributed by atoms with van der Waals surface area (Å²) in [7, 11) is 2.85. The van der Waals surface area contributed by atoms with Gasteiger partial charge in [-0.25, -0.2) is 15.1 Å². The molecule has 6 rings (SSSR count). The summed E-state index contributed by atoms with van der Waals surface area (Å²) in [5.74, 6) is -10.5. The number of hydrazine groups is 1. The van der Waals surface area contributed by atoms with Gasteiger partial charge in [-0.05, 0) is 49.7 Å². The van der Waals surface area contributed by atoms with Crippen LogP contribution in [0.15, 0.2) is 83.7 Å². The first-order valence-corrected chi connectivity index (χ1v) is 16.6. The highest BCUT2D eigenvalue weighted by atomic mass is 16.7. The van der Waals surface area contributed by atoms with E-state index in [9.17, 15) is 44.7 Å². The van der Waals surface area contributed by atoms with Crippen LogP contribution in [0.2, 0.25) is 0 Å². The number of fused-ring (bicyclic) bond motifs is 3. The maximum Gasteiger partial charge on any atom is 0.428 e. The van der Waals surface area contributed by atoms with Crippen molar-refractivity contribution in [2.45, 2.75) is 43.6 Å². The third kappa shape index (κ3) is 5.90. The number of aliphatic hydroxyl groups excluding tert-OH is 3. The molecule has 4 aliphatic rings. The lowest BCUT2D eigenvalue weighted by atomic mass is 9.54. The largest absolute Gasteiger partial charge is 0.508 e. The molecule has 7 atom stereocenters. The summed E-state index contributed by atoms with van der Waals surface area (Å²) in [5.41, 5.74) is 3.99. The van der Waals surface area contributed by atoms with Gasteiger partial charge < -0.3 is 36.0 Å². The zero-order valence-corrected chi connectivity index (χ0v) is 28.6. The van der Waals surface area contributed by atoms with Crippen molar-refractivity contribution in [1.29, 1.82) is 0 Å². The van der Waals surface area contributed by atoms with Crippen molar-refractivity contribution in [2.75, 3.05) is 25.9 Å². The zero-order valence-electron chi connectivity index (χ0n) is 28.6. The minimum Gasteiger partial charge on any atom is -0.508 e. The maximum atomic E-state index is 14.4. The van der Waals surface area contributed by atoms with E-state index in [4.69, 9.17) is 15.3 Å². The fourth-order valence-electron chi connectivity index (χ4n) is 7.78.